The van der Waals surface area contributed by atoms with Gasteiger partial charge in [-0.1, -0.05) is 0 Å². The van der Waals surface area contributed by atoms with E-state index in [1.54, 1.807) is 0 Å². The van der Waals surface area contributed by atoms with Gasteiger partial charge in [-0.05, 0) is 19.4 Å². The molecule has 1 atom stereocenters. The van der Waals surface area contributed by atoms with Gasteiger partial charge in [-0.15, -0.1) is 0 Å². The number of sulfonamides is 1. The van der Waals surface area contributed by atoms with Gasteiger partial charge < -0.3 is 10.6 Å². The molecule has 16 heavy (non-hydrogen) atoms. The van der Waals surface area contributed by atoms with E-state index in [1.165, 1.54) is 7.05 Å². The highest BCUT2D eigenvalue weighted by molar-refractivity contribution is 7.88. The Hall–Kier alpha value is -0.660. The SMILES string of the molecule is CN(CC(=O)NC1CCCNC1)S(C)(=O)=O. The highest BCUT2D eigenvalue weighted by Crippen LogP contribution is 2.01. The molecular weight excluding hydrogens is 230 g/mol. The maximum atomic E-state index is 11.5. The summed E-state index contributed by atoms with van der Waals surface area (Å²) in [6.45, 7) is 1.62. The number of carbonyl (C=O) groups is 1. The van der Waals surface area contributed by atoms with E-state index in [0.717, 1.165) is 36.5 Å². The lowest BCUT2D eigenvalue weighted by Crippen LogP contribution is -2.48. The second-order valence-corrected chi connectivity index (χ2v) is 6.22. The Kier molecular flexibility index (Phi) is 4.69. The van der Waals surface area contributed by atoms with Crippen LogP contribution in [0.25, 0.3) is 0 Å². The number of likely N-dealkylation sites (N-methyl/N-ethyl adjacent to an activating group) is 1. The Morgan fingerprint density at radius 1 is 1.56 bits per heavy atom. The summed E-state index contributed by atoms with van der Waals surface area (Å²) in [6.07, 6.45) is 3.07. The van der Waals surface area contributed by atoms with Crippen molar-refractivity contribution in [3.8, 4) is 0 Å². The first-order valence-electron chi connectivity index (χ1n) is 5.31. The van der Waals surface area contributed by atoms with E-state index in [1.807, 2.05) is 0 Å². The fraction of sp³-hybridized carbons (Fsp3) is 0.889. The number of carbonyl (C=O) groups excluding carboxylic acids is 1. The summed E-state index contributed by atoms with van der Waals surface area (Å²) >= 11 is 0. The van der Waals surface area contributed by atoms with Crippen molar-refractivity contribution in [3.05, 3.63) is 0 Å². The maximum absolute atomic E-state index is 11.5. The number of hydrogen-bond donors (Lipinski definition) is 2. The van der Waals surface area contributed by atoms with E-state index in [9.17, 15) is 13.2 Å². The molecule has 1 heterocycles. The average Bonchev–Trinajstić information content (AvgIpc) is 2.17. The number of piperidine rings is 1. The molecule has 0 radical (unpaired) electrons. The van der Waals surface area contributed by atoms with Gasteiger partial charge in [0, 0.05) is 19.6 Å². The lowest BCUT2D eigenvalue weighted by atomic mass is 10.1. The molecular formula is C9H19N3O3S. The summed E-state index contributed by atoms with van der Waals surface area (Å²) in [4.78, 5) is 11.5. The Morgan fingerprint density at radius 2 is 2.25 bits per heavy atom. The fourth-order valence-electron chi connectivity index (χ4n) is 1.57. The summed E-state index contributed by atoms with van der Waals surface area (Å²) in [5.41, 5.74) is 0. The highest BCUT2D eigenvalue weighted by atomic mass is 32.2. The van der Waals surface area contributed by atoms with Crippen LogP contribution in [-0.4, -0.2) is 57.6 Å². The molecule has 94 valence electrons. The van der Waals surface area contributed by atoms with Crippen LogP contribution in [0.4, 0.5) is 0 Å². The second-order valence-electron chi connectivity index (χ2n) is 4.13. The van der Waals surface area contributed by atoms with Gasteiger partial charge in [-0.3, -0.25) is 4.79 Å². The minimum Gasteiger partial charge on any atom is -0.351 e. The van der Waals surface area contributed by atoms with Crippen molar-refractivity contribution in [2.24, 2.45) is 0 Å². The van der Waals surface area contributed by atoms with E-state index in [-0.39, 0.29) is 18.5 Å². The van der Waals surface area contributed by atoms with Crippen LogP contribution >= 0.6 is 0 Å². The third-order valence-electron chi connectivity index (χ3n) is 2.59. The molecule has 0 aliphatic carbocycles. The molecule has 7 heteroatoms. The number of rotatable bonds is 4. The van der Waals surface area contributed by atoms with Gasteiger partial charge in [-0.2, -0.15) is 4.31 Å². The van der Waals surface area contributed by atoms with Gasteiger partial charge in [0.05, 0.1) is 12.8 Å². The molecule has 0 spiro atoms. The number of hydrogen-bond acceptors (Lipinski definition) is 4. The molecule has 6 nitrogen and oxygen atoms in total. The summed E-state index contributed by atoms with van der Waals surface area (Å²) < 4.78 is 23.2. The molecule has 1 amide bonds. The maximum Gasteiger partial charge on any atom is 0.235 e. The van der Waals surface area contributed by atoms with E-state index in [4.69, 9.17) is 0 Å². The topological polar surface area (TPSA) is 78.5 Å². The van der Waals surface area contributed by atoms with E-state index >= 15 is 0 Å². The van der Waals surface area contributed by atoms with Gasteiger partial charge in [0.1, 0.15) is 0 Å². The molecule has 1 rings (SSSR count). The molecule has 1 fully saturated rings. The number of nitrogens with zero attached hydrogens (tertiary/aromatic N) is 1. The third kappa shape index (κ3) is 4.46. The molecule has 0 saturated carbocycles. The van der Waals surface area contributed by atoms with Crippen molar-refractivity contribution in [1.29, 1.82) is 0 Å². The zero-order chi connectivity index (χ0) is 12.2. The molecule has 1 aliphatic rings. The highest BCUT2D eigenvalue weighted by Gasteiger charge is 2.19. The Labute approximate surface area is 96.4 Å². The van der Waals surface area contributed by atoms with Crippen LogP contribution < -0.4 is 10.6 Å². The van der Waals surface area contributed by atoms with Crippen LogP contribution in [0, 0.1) is 0 Å². The first-order chi connectivity index (χ1) is 7.39. The largest absolute Gasteiger partial charge is 0.351 e. The minimum atomic E-state index is -3.28. The zero-order valence-electron chi connectivity index (χ0n) is 9.69. The van der Waals surface area contributed by atoms with Crippen molar-refractivity contribution in [2.45, 2.75) is 18.9 Å². The molecule has 0 aromatic heterocycles. The summed E-state index contributed by atoms with van der Waals surface area (Å²) in [6, 6.07) is 0.120. The third-order valence-corrected chi connectivity index (χ3v) is 3.86. The predicted octanol–water partition coefficient (Wildman–Crippen LogP) is -1.25. The molecule has 1 aliphatic heterocycles. The molecule has 1 unspecified atom stereocenters. The van der Waals surface area contributed by atoms with E-state index in [0.29, 0.717) is 0 Å². The zero-order valence-corrected chi connectivity index (χ0v) is 10.5. The monoisotopic (exact) mass is 249 g/mol. The van der Waals surface area contributed by atoms with Crippen molar-refractivity contribution >= 4 is 15.9 Å². The van der Waals surface area contributed by atoms with Crippen LogP contribution in [0.1, 0.15) is 12.8 Å². The summed E-state index contributed by atoms with van der Waals surface area (Å²) in [7, 11) is -1.88. The second kappa shape index (κ2) is 5.60. The van der Waals surface area contributed by atoms with Crippen molar-refractivity contribution < 1.29 is 13.2 Å². The van der Waals surface area contributed by atoms with Crippen molar-refractivity contribution in [2.75, 3.05) is 32.9 Å². The molecule has 0 bridgehead atoms. The molecule has 0 aromatic rings. The van der Waals surface area contributed by atoms with Crippen LogP contribution in [0.2, 0.25) is 0 Å². The quantitative estimate of drug-likeness (QED) is 0.652. The van der Waals surface area contributed by atoms with E-state index in [2.05, 4.69) is 10.6 Å². The molecule has 0 aromatic carbocycles. The Morgan fingerprint density at radius 3 is 2.75 bits per heavy atom. The van der Waals surface area contributed by atoms with Crippen LogP contribution in [-0.2, 0) is 14.8 Å². The summed E-state index contributed by atoms with van der Waals surface area (Å²) in [5, 5.41) is 5.99. The predicted molar refractivity (Wildman–Crippen MR) is 61.5 cm³/mol. The first kappa shape index (κ1) is 13.4. The van der Waals surface area contributed by atoms with Gasteiger partial charge in [-0.25, -0.2) is 8.42 Å². The standard InChI is InChI=1S/C9H19N3O3S/c1-12(16(2,14)15)7-9(13)11-8-4-3-5-10-6-8/h8,10H,3-7H2,1-2H3,(H,11,13). The van der Waals surface area contributed by atoms with Gasteiger partial charge in [0.2, 0.25) is 15.9 Å². The smallest absolute Gasteiger partial charge is 0.235 e. The van der Waals surface area contributed by atoms with E-state index < -0.39 is 10.0 Å². The minimum absolute atomic E-state index is 0.116. The molecule has 2 N–H and O–H groups in total. The number of amides is 1. The first-order valence-corrected chi connectivity index (χ1v) is 7.16. The Balaban J connectivity index is 2.35. The van der Waals surface area contributed by atoms with Crippen LogP contribution in [0.15, 0.2) is 0 Å². The van der Waals surface area contributed by atoms with Crippen molar-refractivity contribution in [3.63, 3.8) is 0 Å². The Bertz CT molecular complexity index is 336. The average molecular weight is 249 g/mol. The van der Waals surface area contributed by atoms with Crippen LogP contribution in [0.3, 0.4) is 0 Å². The van der Waals surface area contributed by atoms with Crippen LogP contribution in [0.5, 0.6) is 0 Å². The van der Waals surface area contributed by atoms with Gasteiger partial charge >= 0.3 is 0 Å². The fourth-order valence-corrected chi connectivity index (χ4v) is 1.92. The lowest BCUT2D eigenvalue weighted by molar-refractivity contribution is -0.121. The lowest BCUT2D eigenvalue weighted by Gasteiger charge is -2.24. The molecule has 1 saturated heterocycles. The van der Waals surface area contributed by atoms with Gasteiger partial charge in [0.25, 0.3) is 0 Å². The normalized spacial score (nSPS) is 22.1. The number of nitrogens with one attached hydrogen (secondary N) is 2. The van der Waals surface area contributed by atoms with Gasteiger partial charge in [0.15, 0.2) is 0 Å². The van der Waals surface area contributed by atoms with Crippen molar-refractivity contribution in [1.82, 2.24) is 14.9 Å². The summed E-state index contributed by atoms with van der Waals surface area (Å²) in [5.74, 6) is -0.248.